The van der Waals surface area contributed by atoms with Crippen molar-refractivity contribution in [1.29, 1.82) is 0 Å². The molecule has 110 valence electrons. The Morgan fingerprint density at radius 2 is 2.29 bits per heavy atom. The number of rotatable bonds is 5. The fourth-order valence-electron chi connectivity index (χ4n) is 2.72. The molecule has 0 saturated heterocycles. The van der Waals surface area contributed by atoms with Gasteiger partial charge in [-0.1, -0.05) is 29.4 Å². The van der Waals surface area contributed by atoms with Crippen LogP contribution in [0.3, 0.4) is 0 Å². The quantitative estimate of drug-likeness (QED) is 0.907. The van der Waals surface area contributed by atoms with Crippen molar-refractivity contribution in [1.82, 2.24) is 10.1 Å². The summed E-state index contributed by atoms with van der Waals surface area (Å²) in [7, 11) is 0. The number of carboxylic acids is 1. The van der Waals surface area contributed by atoms with E-state index in [-0.39, 0.29) is 19.1 Å². The van der Waals surface area contributed by atoms with E-state index in [0.717, 1.165) is 19.3 Å². The summed E-state index contributed by atoms with van der Waals surface area (Å²) < 4.78 is 10.1. The highest BCUT2D eigenvalue weighted by Crippen LogP contribution is 2.35. The average Bonchev–Trinajstić information content (AvgIpc) is 2.95. The van der Waals surface area contributed by atoms with E-state index >= 15 is 0 Å². The van der Waals surface area contributed by atoms with Crippen LogP contribution in [0.25, 0.3) is 0 Å². The molecule has 21 heavy (non-hydrogen) atoms. The summed E-state index contributed by atoms with van der Waals surface area (Å²) >= 11 is 0. The van der Waals surface area contributed by atoms with E-state index in [4.69, 9.17) is 14.4 Å². The van der Waals surface area contributed by atoms with E-state index in [0.29, 0.717) is 11.7 Å². The second-order valence-electron chi connectivity index (χ2n) is 5.08. The lowest BCUT2D eigenvalue weighted by Gasteiger charge is -2.22. The molecule has 1 unspecified atom stereocenters. The van der Waals surface area contributed by atoms with Crippen LogP contribution >= 0.6 is 0 Å². The first-order valence-electron chi connectivity index (χ1n) is 6.94. The zero-order chi connectivity index (χ0) is 14.7. The van der Waals surface area contributed by atoms with Gasteiger partial charge >= 0.3 is 5.97 Å². The van der Waals surface area contributed by atoms with Crippen molar-refractivity contribution in [2.24, 2.45) is 0 Å². The number of nitrogens with zero attached hydrogens (tertiary/aromatic N) is 2. The van der Waals surface area contributed by atoms with Crippen molar-refractivity contribution >= 4 is 5.97 Å². The van der Waals surface area contributed by atoms with Crippen molar-refractivity contribution < 1.29 is 19.2 Å². The number of hydrogen-bond acceptors (Lipinski definition) is 5. The molecule has 3 rings (SSSR count). The Morgan fingerprint density at radius 3 is 3.14 bits per heavy atom. The van der Waals surface area contributed by atoms with Crippen LogP contribution < -0.4 is 0 Å². The lowest BCUT2D eigenvalue weighted by atomic mass is 9.82. The molecule has 6 nitrogen and oxygen atoms in total. The van der Waals surface area contributed by atoms with Gasteiger partial charge in [-0.15, -0.1) is 0 Å². The summed E-state index contributed by atoms with van der Waals surface area (Å²) in [5, 5.41) is 12.5. The molecule has 1 heterocycles. The van der Waals surface area contributed by atoms with Gasteiger partial charge in [0.05, 0.1) is 0 Å². The molecule has 1 aromatic heterocycles. The highest BCUT2D eigenvalue weighted by atomic mass is 16.5. The predicted molar refractivity (Wildman–Crippen MR) is 72.8 cm³/mol. The van der Waals surface area contributed by atoms with Crippen LogP contribution in [-0.4, -0.2) is 27.8 Å². The van der Waals surface area contributed by atoms with E-state index in [1.807, 2.05) is 12.1 Å². The van der Waals surface area contributed by atoms with Gasteiger partial charge in [0.1, 0.15) is 13.2 Å². The Balaban J connectivity index is 1.73. The van der Waals surface area contributed by atoms with E-state index in [9.17, 15) is 4.79 Å². The maximum atomic E-state index is 10.4. The number of hydrogen-bond donors (Lipinski definition) is 1. The maximum Gasteiger partial charge on any atom is 0.329 e. The smallest absolute Gasteiger partial charge is 0.329 e. The van der Waals surface area contributed by atoms with Gasteiger partial charge in [-0.3, -0.25) is 0 Å². The lowest BCUT2D eigenvalue weighted by molar-refractivity contribution is -0.142. The summed E-state index contributed by atoms with van der Waals surface area (Å²) in [4.78, 5) is 14.7. The number of ether oxygens (including phenoxy) is 1. The van der Waals surface area contributed by atoms with Gasteiger partial charge in [0.2, 0.25) is 0 Å². The molecule has 0 bridgehead atoms. The number of aromatic nitrogens is 2. The van der Waals surface area contributed by atoms with E-state index in [1.165, 1.54) is 11.1 Å². The van der Waals surface area contributed by atoms with Gasteiger partial charge in [0.15, 0.2) is 5.82 Å². The van der Waals surface area contributed by atoms with Gasteiger partial charge in [0, 0.05) is 5.92 Å². The summed E-state index contributed by atoms with van der Waals surface area (Å²) in [5.74, 6) is 0.0910. The molecule has 1 aliphatic carbocycles. The first-order chi connectivity index (χ1) is 10.2. The average molecular weight is 288 g/mol. The summed E-state index contributed by atoms with van der Waals surface area (Å²) in [5.41, 5.74) is 2.59. The first-order valence-corrected chi connectivity index (χ1v) is 6.94. The van der Waals surface area contributed by atoms with Gasteiger partial charge in [0.25, 0.3) is 5.89 Å². The number of aryl methyl sites for hydroxylation is 1. The third-order valence-corrected chi connectivity index (χ3v) is 3.62. The van der Waals surface area contributed by atoms with Crippen LogP contribution in [0.4, 0.5) is 0 Å². The maximum absolute atomic E-state index is 10.4. The van der Waals surface area contributed by atoms with E-state index in [1.54, 1.807) is 0 Å². The normalized spacial score (nSPS) is 17.4. The predicted octanol–water partition coefficient (Wildman–Crippen LogP) is 2.14. The molecule has 0 fully saturated rings. The molecule has 0 spiro atoms. The fourth-order valence-corrected chi connectivity index (χ4v) is 2.72. The van der Waals surface area contributed by atoms with Crippen molar-refractivity contribution in [3.8, 4) is 0 Å². The molecular formula is C15H16N2O4. The second-order valence-corrected chi connectivity index (χ2v) is 5.08. The highest BCUT2D eigenvalue weighted by molar-refractivity contribution is 5.67. The van der Waals surface area contributed by atoms with Crippen LogP contribution in [0.2, 0.25) is 0 Å². The molecular weight excluding hydrogens is 272 g/mol. The fraction of sp³-hybridized carbons (Fsp3) is 0.400. The third kappa shape index (κ3) is 3.11. The van der Waals surface area contributed by atoms with Crippen LogP contribution in [0, 0.1) is 0 Å². The van der Waals surface area contributed by atoms with Gasteiger partial charge in [-0.25, -0.2) is 4.79 Å². The van der Waals surface area contributed by atoms with Gasteiger partial charge in [-0.05, 0) is 30.4 Å². The largest absolute Gasteiger partial charge is 0.480 e. The number of aliphatic carboxylic acids is 1. The number of carboxylic acid groups (broad SMARTS) is 1. The Hall–Kier alpha value is -2.21. The first kappa shape index (κ1) is 13.8. The van der Waals surface area contributed by atoms with Crippen molar-refractivity contribution in [3.63, 3.8) is 0 Å². The molecule has 0 amide bonds. The topological polar surface area (TPSA) is 85.5 Å². The molecule has 0 aliphatic heterocycles. The molecule has 1 atom stereocenters. The molecule has 0 saturated carbocycles. The SMILES string of the molecule is O=C(O)COCc1nc(C2CCCc3ccccc32)no1. The standard InChI is InChI=1S/C15H16N2O4/c18-14(19)9-20-8-13-16-15(17-21-13)12-7-3-5-10-4-1-2-6-11(10)12/h1-2,4,6,12H,3,5,7-9H2,(H,18,19). The number of benzene rings is 1. The Bertz CT molecular complexity index is 638. The summed E-state index contributed by atoms with van der Waals surface area (Å²) in [6.07, 6.45) is 3.17. The molecule has 1 aliphatic rings. The third-order valence-electron chi connectivity index (χ3n) is 3.62. The van der Waals surface area contributed by atoms with E-state index in [2.05, 4.69) is 22.3 Å². The zero-order valence-electron chi connectivity index (χ0n) is 11.5. The number of carbonyl (C=O) groups is 1. The van der Waals surface area contributed by atoms with Gasteiger partial charge < -0.3 is 14.4 Å². The van der Waals surface area contributed by atoms with Crippen molar-refractivity contribution in [2.45, 2.75) is 31.8 Å². The molecule has 6 heteroatoms. The second kappa shape index (κ2) is 6.05. The van der Waals surface area contributed by atoms with E-state index < -0.39 is 5.97 Å². The minimum absolute atomic E-state index is 0.0215. The summed E-state index contributed by atoms with van der Waals surface area (Å²) in [6, 6.07) is 8.31. The van der Waals surface area contributed by atoms with Crippen LogP contribution in [0.15, 0.2) is 28.8 Å². The van der Waals surface area contributed by atoms with Crippen molar-refractivity contribution in [2.75, 3.05) is 6.61 Å². The Kier molecular flexibility index (Phi) is 3.96. The monoisotopic (exact) mass is 288 g/mol. The highest BCUT2D eigenvalue weighted by Gasteiger charge is 2.25. The molecule has 2 aromatic rings. The molecule has 0 radical (unpaired) electrons. The summed E-state index contributed by atoms with van der Waals surface area (Å²) in [6.45, 7) is -0.350. The minimum Gasteiger partial charge on any atom is -0.480 e. The Labute approximate surface area is 121 Å². The van der Waals surface area contributed by atoms with Gasteiger partial charge in [-0.2, -0.15) is 4.98 Å². The zero-order valence-corrected chi connectivity index (χ0v) is 11.5. The van der Waals surface area contributed by atoms with Crippen LogP contribution in [-0.2, 0) is 22.6 Å². The molecule has 1 N–H and O–H groups in total. The minimum atomic E-state index is -1.02. The van der Waals surface area contributed by atoms with Crippen LogP contribution in [0.1, 0.15) is 41.6 Å². The number of fused-ring (bicyclic) bond motifs is 1. The molecule has 1 aromatic carbocycles. The van der Waals surface area contributed by atoms with Crippen molar-refractivity contribution in [3.05, 3.63) is 47.1 Å². The lowest BCUT2D eigenvalue weighted by Crippen LogP contribution is -2.12. The Morgan fingerprint density at radius 1 is 1.43 bits per heavy atom. The van der Waals surface area contributed by atoms with Crippen LogP contribution in [0.5, 0.6) is 0 Å².